The van der Waals surface area contributed by atoms with Crippen LogP contribution >= 0.6 is 0 Å². The number of pyridine rings is 1. The van der Waals surface area contributed by atoms with E-state index in [2.05, 4.69) is 23.3 Å². The second kappa shape index (κ2) is 5.40. The summed E-state index contributed by atoms with van der Waals surface area (Å²) in [5, 5.41) is 3.81. The van der Waals surface area contributed by atoms with Crippen LogP contribution in [0.1, 0.15) is 57.1 Å². The molecule has 1 heterocycles. The Morgan fingerprint density at radius 3 is 2.83 bits per heavy atom. The molecule has 2 fully saturated rings. The number of nitrogens with one attached hydrogen (secondary N) is 1. The topological polar surface area (TPSA) is 24.9 Å². The molecule has 0 bridgehead atoms. The van der Waals surface area contributed by atoms with Crippen molar-refractivity contribution in [3.63, 3.8) is 0 Å². The van der Waals surface area contributed by atoms with Gasteiger partial charge in [0.05, 0.1) is 0 Å². The number of hydrogen-bond acceptors (Lipinski definition) is 2. The third kappa shape index (κ3) is 2.92. The molecule has 2 aliphatic rings. The van der Waals surface area contributed by atoms with Gasteiger partial charge in [-0.15, -0.1) is 0 Å². The quantitative estimate of drug-likeness (QED) is 0.873. The minimum atomic E-state index is 0.432. The van der Waals surface area contributed by atoms with Crippen LogP contribution in [0.4, 0.5) is 0 Å². The zero-order chi connectivity index (χ0) is 12.4. The van der Waals surface area contributed by atoms with Crippen molar-refractivity contribution in [2.75, 3.05) is 0 Å². The van der Waals surface area contributed by atoms with Gasteiger partial charge in [-0.05, 0) is 56.1 Å². The van der Waals surface area contributed by atoms with Gasteiger partial charge < -0.3 is 5.32 Å². The van der Waals surface area contributed by atoms with Gasteiger partial charge in [-0.1, -0.05) is 18.9 Å². The van der Waals surface area contributed by atoms with E-state index < -0.39 is 0 Å². The largest absolute Gasteiger partial charge is 0.307 e. The van der Waals surface area contributed by atoms with E-state index in [4.69, 9.17) is 0 Å². The Morgan fingerprint density at radius 2 is 2.11 bits per heavy atom. The molecule has 18 heavy (non-hydrogen) atoms. The summed E-state index contributed by atoms with van der Waals surface area (Å²) in [4.78, 5) is 4.21. The molecule has 98 valence electrons. The highest BCUT2D eigenvalue weighted by molar-refractivity contribution is 5.13. The molecule has 2 nitrogen and oxygen atoms in total. The molecule has 0 saturated heterocycles. The molecule has 2 saturated carbocycles. The van der Waals surface area contributed by atoms with Crippen molar-refractivity contribution in [3.8, 4) is 0 Å². The van der Waals surface area contributed by atoms with Gasteiger partial charge in [-0.25, -0.2) is 0 Å². The number of hydrogen-bond donors (Lipinski definition) is 1. The molecule has 1 aromatic heterocycles. The molecule has 1 aromatic rings. The molecular formula is C16H24N2. The minimum Gasteiger partial charge on any atom is -0.307 e. The molecule has 0 aliphatic heterocycles. The van der Waals surface area contributed by atoms with Gasteiger partial charge in [0.1, 0.15) is 0 Å². The van der Waals surface area contributed by atoms with E-state index >= 15 is 0 Å². The molecular weight excluding hydrogens is 220 g/mol. The van der Waals surface area contributed by atoms with E-state index in [0.717, 1.165) is 17.9 Å². The summed E-state index contributed by atoms with van der Waals surface area (Å²) < 4.78 is 0. The Kier molecular flexibility index (Phi) is 3.64. The van der Waals surface area contributed by atoms with Crippen LogP contribution < -0.4 is 5.32 Å². The molecule has 0 amide bonds. The normalized spacial score (nSPS) is 30.1. The summed E-state index contributed by atoms with van der Waals surface area (Å²) in [6.07, 6.45) is 12.5. The molecule has 0 aromatic carbocycles. The van der Waals surface area contributed by atoms with Crippen LogP contribution in [0.5, 0.6) is 0 Å². The average Bonchev–Trinajstić information content (AvgIpc) is 3.24. The second-order valence-electron chi connectivity index (χ2n) is 6.14. The van der Waals surface area contributed by atoms with E-state index in [1.165, 1.54) is 44.1 Å². The molecule has 2 heteroatoms. The zero-order valence-electron chi connectivity index (χ0n) is 11.3. The van der Waals surface area contributed by atoms with Gasteiger partial charge in [0.25, 0.3) is 0 Å². The Labute approximate surface area is 110 Å². The predicted octanol–water partition coefficient (Wildman–Crippen LogP) is 3.70. The first-order valence-electron chi connectivity index (χ1n) is 7.49. The van der Waals surface area contributed by atoms with Crippen LogP contribution in [-0.4, -0.2) is 11.0 Å². The summed E-state index contributed by atoms with van der Waals surface area (Å²) in [6.45, 7) is 2.26. The molecule has 3 rings (SSSR count). The monoisotopic (exact) mass is 244 g/mol. The van der Waals surface area contributed by atoms with Crippen molar-refractivity contribution in [1.82, 2.24) is 10.3 Å². The maximum absolute atomic E-state index is 4.21. The Bertz CT molecular complexity index is 372. The van der Waals surface area contributed by atoms with Gasteiger partial charge in [-0.3, -0.25) is 4.98 Å². The zero-order valence-corrected chi connectivity index (χ0v) is 11.3. The summed E-state index contributed by atoms with van der Waals surface area (Å²) in [5.74, 6) is 2.08. The fourth-order valence-electron chi connectivity index (χ4n) is 3.46. The van der Waals surface area contributed by atoms with Crippen LogP contribution in [0.15, 0.2) is 24.5 Å². The molecule has 0 spiro atoms. The van der Waals surface area contributed by atoms with E-state index in [-0.39, 0.29) is 0 Å². The summed E-state index contributed by atoms with van der Waals surface area (Å²) in [5.41, 5.74) is 1.31. The maximum Gasteiger partial charge on any atom is 0.0315 e. The lowest BCUT2D eigenvalue weighted by Crippen LogP contribution is -2.36. The fourth-order valence-corrected chi connectivity index (χ4v) is 3.46. The molecule has 3 atom stereocenters. The Morgan fingerprint density at radius 1 is 1.22 bits per heavy atom. The lowest BCUT2D eigenvalue weighted by Gasteiger charge is -2.32. The van der Waals surface area contributed by atoms with E-state index in [1.54, 1.807) is 0 Å². The fraction of sp³-hybridized carbons (Fsp3) is 0.688. The first-order valence-corrected chi connectivity index (χ1v) is 7.49. The highest BCUT2D eigenvalue weighted by Gasteiger charge is 2.34. The third-order valence-electron chi connectivity index (χ3n) is 4.67. The smallest absolute Gasteiger partial charge is 0.0315 e. The van der Waals surface area contributed by atoms with Crippen LogP contribution in [0.25, 0.3) is 0 Å². The van der Waals surface area contributed by atoms with Crippen molar-refractivity contribution in [3.05, 3.63) is 30.1 Å². The van der Waals surface area contributed by atoms with Crippen LogP contribution in [0, 0.1) is 11.8 Å². The summed E-state index contributed by atoms with van der Waals surface area (Å²) in [7, 11) is 0. The second-order valence-corrected chi connectivity index (χ2v) is 6.14. The third-order valence-corrected chi connectivity index (χ3v) is 4.67. The highest BCUT2D eigenvalue weighted by atomic mass is 14.9. The van der Waals surface area contributed by atoms with Crippen molar-refractivity contribution >= 4 is 0 Å². The van der Waals surface area contributed by atoms with Gasteiger partial charge in [0, 0.05) is 24.5 Å². The van der Waals surface area contributed by atoms with E-state index in [9.17, 15) is 0 Å². The van der Waals surface area contributed by atoms with E-state index in [0.29, 0.717) is 6.04 Å². The lowest BCUT2D eigenvalue weighted by molar-refractivity contribution is 0.249. The van der Waals surface area contributed by atoms with Crippen molar-refractivity contribution < 1.29 is 0 Å². The van der Waals surface area contributed by atoms with Crippen LogP contribution in [0.3, 0.4) is 0 Å². The standard InChI is InChI=1S/C16H24N2/c1-12(15-5-3-9-17-11-15)18-16-6-2-4-14(10-16)13-7-8-13/h3,5,9,11-14,16,18H,2,4,6-8,10H2,1H3. The van der Waals surface area contributed by atoms with Crippen LogP contribution in [-0.2, 0) is 0 Å². The lowest BCUT2D eigenvalue weighted by atomic mass is 9.82. The van der Waals surface area contributed by atoms with Gasteiger partial charge in [-0.2, -0.15) is 0 Å². The van der Waals surface area contributed by atoms with Gasteiger partial charge in [0.15, 0.2) is 0 Å². The van der Waals surface area contributed by atoms with E-state index in [1.807, 2.05) is 18.5 Å². The first-order chi connectivity index (χ1) is 8.83. The maximum atomic E-state index is 4.21. The van der Waals surface area contributed by atoms with Crippen molar-refractivity contribution in [1.29, 1.82) is 0 Å². The number of rotatable bonds is 4. The van der Waals surface area contributed by atoms with Crippen LogP contribution in [0.2, 0.25) is 0 Å². The molecule has 0 radical (unpaired) electrons. The molecule has 2 aliphatic carbocycles. The minimum absolute atomic E-state index is 0.432. The van der Waals surface area contributed by atoms with Gasteiger partial charge in [0.2, 0.25) is 0 Å². The average molecular weight is 244 g/mol. The Hall–Kier alpha value is -0.890. The van der Waals surface area contributed by atoms with Crippen molar-refractivity contribution in [2.45, 2.75) is 57.5 Å². The molecule has 1 N–H and O–H groups in total. The van der Waals surface area contributed by atoms with Crippen molar-refractivity contribution in [2.24, 2.45) is 11.8 Å². The summed E-state index contributed by atoms with van der Waals surface area (Å²) >= 11 is 0. The Balaban J connectivity index is 1.55. The number of aromatic nitrogens is 1. The summed E-state index contributed by atoms with van der Waals surface area (Å²) in [6, 6.07) is 5.36. The first kappa shape index (κ1) is 12.2. The highest BCUT2D eigenvalue weighted by Crippen LogP contribution is 2.44. The van der Waals surface area contributed by atoms with Gasteiger partial charge >= 0.3 is 0 Å². The SMILES string of the molecule is CC(NC1CCCC(C2CC2)C1)c1cccnc1. The number of nitrogens with zero attached hydrogens (tertiary/aromatic N) is 1. The predicted molar refractivity (Wildman–Crippen MR) is 74.3 cm³/mol. The molecule has 3 unspecified atom stereocenters.